The number of nitrogens with zero attached hydrogens (tertiary/aromatic N) is 2. The van der Waals surface area contributed by atoms with Crippen molar-refractivity contribution >= 4 is 11.8 Å². The van der Waals surface area contributed by atoms with Crippen LogP contribution in [0.5, 0.6) is 0 Å². The third kappa shape index (κ3) is 4.29. The summed E-state index contributed by atoms with van der Waals surface area (Å²) in [6.07, 6.45) is 0.887. The second-order valence-corrected chi connectivity index (χ2v) is 4.86. The van der Waals surface area contributed by atoms with E-state index in [-0.39, 0.29) is 17.7 Å². The Kier molecular flexibility index (Phi) is 6.12. The van der Waals surface area contributed by atoms with Gasteiger partial charge in [0.25, 0.3) is 0 Å². The summed E-state index contributed by atoms with van der Waals surface area (Å²) in [5.41, 5.74) is 0. The van der Waals surface area contributed by atoms with Gasteiger partial charge < -0.3 is 10.2 Å². The third-order valence-corrected chi connectivity index (χ3v) is 3.46. The van der Waals surface area contributed by atoms with Gasteiger partial charge in [-0.1, -0.05) is 13.8 Å². The van der Waals surface area contributed by atoms with E-state index in [1.807, 2.05) is 25.7 Å². The van der Waals surface area contributed by atoms with Crippen LogP contribution in [0.3, 0.4) is 0 Å². The largest absolute Gasteiger partial charge is 0.355 e. The Morgan fingerprint density at radius 1 is 1.17 bits per heavy atom. The average Bonchev–Trinajstić information content (AvgIpc) is 2.38. The van der Waals surface area contributed by atoms with E-state index in [1.165, 1.54) is 0 Å². The van der Waals surface area contributed by atoms with Crippen molar-refractivity contribution in [3.8, 4) is 0 Å². The maximum atomic E-state index is 12.0. The molecule has 1 saturated heterocycles. The maximum absolute atomic E-state index is 12.0. The first-order chi connectivity index (χ1) is 8.58. The van der Waals surface area contributed by atoms with Gasteiger partial charge in [-0.15, -0.1) is 0 Å². The van der Waals surface area contributed by atoms with Crippen LogP contribution in [-0.4, -0.2) is 60.9 Å². The summed E-state index contributed by atoms with van der Waals surface area (Å²) >= 11 is 0. The number of piperazine rings is 1. The molecule has 1 heterocycles. The van der Waals surface area contributed by atoms with Crippen LogP contribution < -0.4 is 5.32 Å². The lowest BCUT2D eigenvalue weighted by Crippen LogP contribution is -2.52. The molecule has 0 saturated carbocycles. The van der Waals surface area contributed by atoms with Crippen molar-refractivity contribution in [3.63, 3.8) is 0 Å². The summed E-state index contributed by atoms with van der Waals surface area (Å²) in [4.78, 5) is 27.5. The Labute approximate surface area is 110 Å². The van der Waals surface area contributed by atoms with Crippen molar-refractivity contribution in [3.05, 3.63) is 0 Å². The molecule has 1 unspecified atom stereocenters. The molecule has 1 aliphatic rings. The van der Waals surface area contributed by atoms with Gasteiger partial charge in [0.05, 0.1) is 6.54 Å². The fourth-order valence-electron chi connectivity index (χ4n) is 2.07. The zero-order chi connectivity index (χ0) is 13.5. The summed E-state index contributed by atoms with van der Waals surface area (Å²) in [7, 11) is 0. The van der Waals surface area contributed by atoms with Crippen LogP contribution in [0.15, 0.2) is 0 Å². The molecule has 1 N–H and O–H groups in total. The highest BCUT2D eigenvalue weighted by Crippen LogP contribution is 2.09. The average molecular weight is 255 g/mol. The Balaban J connectivity index is 2.32. The van der Waals surface area contributed by atoms with Gasteiger partial charge in [0.2, 0.25) is 11.8 Å². The molecule has 0 aromatic carbocycles. The molecule has 0 aliphatic carbocycles. The van der Waals surface area contributed by atoms with Crippen LogP contribution in [0.4, 0.5) is 0 Å². The first-order valence-corrected chi connectivity index (χ1v) is 6.86. The van der Waals surface area contributed by atoms with Gasteiger partial charge in [0, 0.05) is 38.6 Å². The highest BCUT2D eigenvalue weighted by Gasteiger charge is 2.24. The number of hydrogen-bond acceptors (Lipinski definition) is 3. The van der Waals surface area contributed by atoms with Gasteiger partial charge in [-0.3, -0.25) is 14.5 Å². The van der Waals surface area contributed by atoms with Crippen LogP contribution in [0.2, 0.25) is 0 Å². The van der Waals surface area contributed by atoms with Gasteiger partial charge in [-0.2, -0.15) is 0 Å². The van der Waals surface area contributed by atoms with E-state index < -0.39 is 0 Å². The fraction of sp³-hybridized carbons (Fsp3) is 0.846. The molecule has 1 fully saturated rings. The predicted molar refractivity (Wildman–Crippen MR) is 71.2 cm³/mol. The highest BCUT2D eigenvalue weighted by atomic mass is 16.2. The lowest BCUT2D eigenvalue weighted by atomic mass is 10.1. The minimum absolute atomic E-state index is 0.0687. The second-order valence-electron chi connectivity index (χ2n) is 4.86. The quantitative estimate of drug-likeness (QED) is 0.769. The van der Waals surface area contributed by atoms with Gasteiger partial charge in [0.1, 0.15) is 0 Å². The number of carbonyl (C=O) groups excluding carboxylic acids is 2. The number of nitrogens with one attached hydrogen (secondary N) is 1. The van der Waals surface area contributed by atoms with Crippen LogP contribution in [-0.2, 0) is 9.59 Å². The van der Waals surface area contributed by atoms with Crippen molar-refractivity contribution in [2.75, 3.05) is 39.3 Å². The van der Waals surface area contributed by atoms with Crippen LogP contribution in [0.1, 0.15) is 27.2 Å². The molecular weight excluding hydrogens is 230 g/mol. The number of hydrogen-bond donors (Lipinski definition) is 1. The molecule has 1 rings (SSSR count). The first-order valence-electron chi connectivity index (χ1n) is 6.86. The molecule has 1 aliphatic heterocycles. The summed E-state index contributed by atoms with van der Waals surface area (Å²) in [5, 5.41) is 2.79. The minimum atomic E-state index is 0.0687. The zero-order valence-corrected chi connectivity index (χ0v) is 11.7. The lowest BCUT2D eigenvalue weighted by molar-refractivity contribution is -0.137. The fourth-order valence-corrected chi connectivity index (χ4v) is 2.07. The highest BCUT2D eigenvalue weighted by molar-refractivity contribution is 5.79. The van der Waals surface area contributed by atoms with E-state index in [0.717, 1.165) is 32.6 Å². The second kappa shape index (κ2) is 7.36. The molecule has 0 radical (unpaired) electrons. The third-order valence-electron chi connectivity index (χ3n) is 3.46. The molecule has 5 heteroatoms. The molecule has 0 aromatic heterocycles. The topological polar surface area (TPSA) is 52.7 Å². The Morgan fingerprint density at radius 3 is 2.28 bits per heavy atom. The van der Waals surface area contributed by atoms with E-state index >= 15 is 0 Å². The molecule has 18 heavy (non-hydrogen) atoms. The van der Waals surface area contributed by atoms with Crippen molar-refractivity contribution in [2.45, 2.75) is 27.2 Å². The monoisotopic (exact) mass is 255 g/mol. The molecular formula is C13H25N3O2. The SMILES string of the molecule is CCNC(=O)CN1CCN(C(=O)C(C)CC)CC1. The number of amides is 2. The molecule has 1 atom stereocenters. The van der Waals surface area contributed by atoms with Crippen LogP contribution in [0.25, 0.3) is 0 Å². The summed E-state index contributed by atoms with van der Waals surface area (Å²) < 4.78 is 0. The first kappa shape index (κ1) is 15.0. The van der Waals surface area contributed by atoms with Crippen molar-refractivity contribution in [1.82, 2.24) is 15.1 Å². The van der Waals surface area contributed by atoms with Crippen molar-refractivity contribution in [1.29, 1.82) is 0 Å². The van der Waals surface area contributed by atoms with E-state index in [2.05, 4.69) is 10.2 Å². The zero-order valence-electron chi connectivity index (χ0n) is 11.7. The van der Waals surface area contributed by atoms with E-state index in [4.69, 9.17) is 0 Å². The lowest BCUT2D eigenvalue weighted by Gasteiger charge is -2.35. The van der Waals surface area contributed by atoms with Crippen LogP contribution in [0, 0.1) is 5.92 Å². The van der Waals surface area contributed by atoms with Crippen LogP contribution >= 0.6 is 0 Å². The Morgan fingerprint density at radius 2 is 1.78 bits per heavy atom. The molecule has 104 valence electrons. The minimum Gasteiger partial charge on any atom is -0.355 e. The molecule has 5 nitrogen and oxygen atoms in total. The standard InChI is InChI=1S/C13H25N3O2/c1-4-11(3)13(18)16-8-6-15(7-9-16)10-12(17)14-5-2/h11H,4-10H2,1-3H3,(H,14,17). The van der Waals surface area contributed by atoms with Crippen molar-refractivity contribution < 1.29 is 9.59 Å². The number of carbonyl (C=O) groups is 2. The summed E-state index contributed by atoms with van der Waals surface area (Å²) in [6.45, 7) is 10.1. The Hall–Kier alpha value is -1.10. The van der Waals surface area contributed by atoms with Gasteiger partial charge >= 0.3 is 0 Å². The van der Waals surface area contributed by atoms with E-state index in [9.17, 15) is 9.59 Å². The predicted octanol–water partition coefficient (Wildman–Crippen LogP) is 0.313. The van der Waals surface area contributed by atoms with Gasteiger partial charge in [-0.05, 0) is 13.3 Å². The van der Waals surface area contributed by atoms with E-state index in [0.29, 0.717) is 13.1 Å². The molecule has 0 bridgehead atoms. The smallest absolute Gasteiger partial charge is 0.234 e. The molecule has 2 amide bonds. The van der Waals surface area contributed by atoms with Gasteiger partial charge in [0.15, 0.2) is 0 Å². The summed E-state index contributed by atoms with van der Waals surface area (Å²) in [6, 6.07) is 0. The molecule has 0 spiro atoms. The van der Waals surface area contributed by atoms with Crippen molar-refractivity contribution in [2.24, 2.45) is 5.92 Å². The van der Waals surface area contributed by atoms with Gasteiger partial charge in [-0.25, -0.2) is 0 Å². The maximum Gasteiger partial charge on any atom is 0.234 e. The number of rotatable bonds is 5. The normalized spacial score (nSPS) is 18.5. The van der Waals surface area contributed by atoms with E-state index in [1.54, 1.807) is 0 Å². The molecule has 0 aromatic rings. The Bertz CT molecular complexity index is 286. The number of likely N-dealkylation sites (N-methyl/N-ethyl adjacent to an activating group) is 1. The summed E-state index contributed by atoms with van der Waals surface area (Å²) in [5.74, 6) is 0.425.